The molecule has 4 atom stereocenters. The van der Waals surface area contributed by atoms with Gasteiger partial charge in [0, 0.05) is 0 Å². The van der Waals surface area contributed by atoms with Crippen LogP contribution in [0.2, 0.25) is 0 Å². The van der Waals surface area contributed by atoms with Crippen molar-refractivity contribution in [3.05, 3.63) is 0 Å². The molecule has 0 saturated carbocycles. The van der Waals surface area contributed by atoms with E-state index in [4.69, 9.17) is 20.4 Å². The summed E-state index contributed by atoms with van der Waals surface area (Å²) in [5.74, 6) is 0. The third kappa shape index (κ3) is 1.14. The Bertz CT molecular complexity index is 117. The van der Waals surface area contributed by atoms with Gasteiger partial charge in [-0.05, 0) is 0 Å². The van der Waals surface area contributed by atoms with Crippen molar-refractivity contribution in [2.45, 2.75) is 24.6 Å². The molecule has 1 saturated heterocycles. The zero-order chi connectivity index (χ0) is 7.72. The van der Waals surface area contributed by atoms with Crippen LogP contribution in [0.3, 0.4) is 0 Å². The van der Waals surface area contributed by atoms with Crippen LogP contribution in [0.15, 0.2) is 0 Å². The van der Waals surface area contributed by atoms with Crippen LogP contribution < -0.4 is 0 Å². The Hall–Kier alpha value is -0.200. The van der Waals surface area contributed by atoms with E-state index in [1.807, 2.05) is 0 Å². The molecule has 4 N–H and O–H groups in total. The molecular weight excluding hydrogens is 140 g/mol. The lowest BCUT2D eigenvalue weighted by Gasteiger charge is -2.09. The van der Waals surface area contributed by atoms with E-state index >= 15 is 0 Å². The summed E-state index contributed by atoms with van der Waals surface area (Å²) in [6.45, 7) is -0.407. The van der Waals surface area contributed by atoms with Crippen LogP contribution in [0.1, 0.15) is 0 Å². The molecule has 0 amide bonds. The zero-order valence-corrected chi connectivity index (χ0v) is 5.21. The minimum absolute atomic E-state index is 0.407. The second kappa shape index (κ2) is 2.81. The summed E-state index contributed by atoms with van der Waals surface area (Å²) in [7, 11) is 0. The van der Waals surface area contributed by atoms with Crippen molar-refractivity contribution >= 4 is 0 Å². The highest BCUT2D eigenvalue weighted by atomic mass is 16.6. The van der Waals surface area contributed by atoms with Crippen molar-refractivity contribution in [2.24, 2.45) is 0 Å². The Morgan fingerprint density at radius 1 is 1.10 bits per heavy atom. The number of rotatable bonds is 1. The third-order valence-corrected chi connectivity index (χ3v) is 1.52. The molecule has 0 aromatic carbocycles. The molecule has 1 heterocycles. The van der Waals surface area contributed by atoms with Gasteiger partial charge < -0.3 is 25.2 Å². The van der Waals surface area contributed by atoms with E-state index in [0.29, 0.717) is 0 Å². The number of aliphatic hydroxyl groups is 4. The molecule has 5 nitrogen and oxygen atoms in total. The first kappa shape index (κ1) is 7.90. The third-order valence-electron chi connectivity index (χ3n) is 1.52. The van der Waals surface area contributed by atoms with E-state index in [-0.39, 0.29) is 0 Å². The monoisotopic (exact) mass is 150 g/mol. The largest absolute Gasteiger partial charge is 0.394 e. The molecular formula is C5H10O5. The van der Waals surface area contributed by atoms with E-state index in [9.17, 15) is 0 Å². The lowest BCUT2D eigenvalue weighted by atomic mass is 10.1. The average molecular weight is 150 g/mol. The summed E-state index contributed by atoms with van der Waals surface area (Å²) < 4.78 is 4.54. The van der Waals surface area contributed by atoms with E-state index < -0.39 is 31.2 Å². The topological polar surface area (TPSA) is 90.2 Å². The van der Waals surface area contributed by atoms with Crippen LogP contribution in [0.4, 0.5) is 0 Å². The number of hydrogen-bond acceptors (Lipinski definition) is 5. The van der Waals surface area contributed by atoms with Crippen LogP contribution in [-0.4, -0.2) is 51.6 Å². The molecule has 60 valence electrons. The highest BCUT2D eigenvalue weighted by molar-refractivity contribution is 4.84. The molecule has 1 rings (SSSR count). The number of aliphatic hydroxyl groups excluding tert-OH is 4. The van der Waals surface area contributed by atoms with E-state index in [2.05, 4.69) is 4.74 Å². The Morgan fingerprint density at radius 3 is 1.90 bits per heavy atom. The summed E-state index contributed by atoms with van der Waals surface area (Å²) in [6.07, 6.45) is -4.76. The predicted molar refractivity (Wildman–Crippen MR) is 30.0 cm³/mol. The van der Waals surface area contributed by atoms with Gasteiger partial charge in [0.1, 0.15) is 18.3 Å². The molecule has 1 fully saturated rings. The minimum Gasteiger partial charge on any atom is -0.394 e. The van der Waals surface area contributed by atoms with Gasteiger partial charge in [-0.1, -0.05) is 0 Å². The summed E-state index contributed by atoms with van der Waals surface area (Å²) in [4.78, 5) is 0. The van der Waals surface area contributed by atoms with Crippen molar-refractivity contribution in [2.75, 3.05) is 6.61 Å². The van der Waals surface area contributed by atoms with Gasteiger partial charge in [0.25, 0.3) is 0 Å². The molecule has 3 unspecified atom stereocenters. The molecule has 1 aliphatic heterocycles. The molecule has 1 aliphatic rings. The first-order chi connectivity index (χ1) is 4.66. The summed E-state index contributed by atoms with van der Waals surface area (Å²) in [5.41, 5.74) is 0. The Morgan fingerprint density at radius 2 is 1.70 bits per heavy atom. The maximum absolute atomic E-state index is 8.93. The Balaban J connectivity index is 2.53. The maximum atomic E-state index is 8.93. The van der Waals surface area contributed by atoms with Gasteiger partial charge in [-0.2, -0.15) is 0 Å². The molecule has 0 spiro atoms. The second-order valence-electron chi connectivity index (χ2n) is 2.23. The fraction of sp³-hybridized carbons (Fsp3) is 1.00. The smallest absolute Gasteiger partial charge is 0.184 e. The lowest BCUT2D eigenvalue weighted by molar-refractivity contribution is -0.132. The highest BCUT2D eigenvalue weighted by Crippen LogP contribution is 2.18. The van der Waals surface area contributed by atoms with Crippen molar-refractivity contribution in [1.29, 1.82) is 0 Å². The van der Waals surface area contributed by atoms with Gasteiger partial charge in [0.2, 0.25) is 0 Å². The number of ether oxygens (including phenoxy) is 1. The lowest BCUT2D eigenvalue weighted by Crippen LogP contribution is -2.33. The maximum Gasteiger partial charge on any atom is 0.184 e. The molecule has 5 heteroatoms. The fourth-order valence-corrected chi connectivity index (χ4v) is 0.880. The van der Waals surface area contributed by atoms with Crippen molar-refractivity contribution in [3.63, 3.8) is 0 Å². The van der Waals surface area contributed by atoms with Gasteiger partial charge in [-0.3, -0.25) is 0 Å². The molecule has 0 aliphatic carbocycles. The highest BCUT2D eigenvalue weighted by Gasteiger charge is 2.41. The fourth-order valence-electron chi connectivity index (χ4n) is 0.880. The van der Waals surface area contributed by atoms with E-state index in [0.717, 1.165) is 0 Å². The Kier molecular flexibility index (Phi) is 2.22. The zero-order valence-electron chi connectivity index (χ0n) is 5.21. The SMILES string of the molecule is OC[C@H]1OC(O)C(O)C1O. The predicted octanol–water partition coefficient (Wildman–Crippen LogP) is -2.58. The minimum atomic E-state index is -1.38. The van der Waals surface area contributed by atoms with E-state index in [1.165, 1.54) is 0 Å². The van der Waals surface area contributed by atoms with Gasteiger partial charge >= 0.3 is 0 Å². The molecule has 0 aromatic heterocycles. The number of hydrogen-bond donors (Lipinski definition) is 4. The molecule has 0 aromatic rings. The van der Waals surface area contributed by atoms with Gasteiger partial charge in [-0.25, -0.2) is 0 Å². The van der Waals surface area contributed by atoms with E-state index in [1.54, 1.807) is 0 Å². The normalized spacial score (nSPS) is 48.0. The van der Waals surface area contributed by atoms with Crippen LogP contribution in [0.5, 0.6) is 0 Å². The van der Waals surface area contributed by atoms with Crippen molar-refractivity contribution in [3.8, 4) is 0 Å². The van der Waals surface area contributed by atoms with Crippen LogP contribution in [0, 0.1) is 0 Å². The summed E-state index contributed by atoms with van der Waals surface area (Å²) >= 11 is 0. The summed E-state index contributed by atoms with van der Waals surface area (Å²) in [5, 5.41) is 35.0. The van der Waals surface area contributed by atoms with Crippen LogP contribution >= 0.6 is 0 Å². The Labute approximate surface area is 57.5 Å². The molecule has 0 bridgehead atoms. The summed E-state index contributed by atoms with van der Waals surface area (Å²) in [6, 6.07) is 0. The van der Waals surface area contributed by atoms with Crippen molar-refractivity contribution < 1.29 is 25.2 Å². The van der Waals surface area contributed by atoms with Crippen LogP contribution in [0.25, 0.3) is 0 Å². The standard InChI is InChI=1S/C5H10O5/c6-1-2-3(7)4(8)5(9)10-2/h2-9H,1H2/t2-,3?,4?,5?/m1/s1. The average Bonchev–Trinajstić information content (AvgIpc) is 2.17. The first-order valence-corrected chi connectivity index (χ1v) is 2.97. The van der Waals surface area contributed by atoms with Gasteiger partial charge in [0.15, 0.2) is 6.29 Å². The van der Waals surface area contributed by atoms with Crippen LogP contribution in [-0.2, 0) is 4.74 Å². The van der Waals surface area contributed by atoms with Gasteiger partial charge in [-0.15, -0.1) is 0 Å². The van der Waals surface area contributed by atoms with Crippen molar-refractivity contribution in [1.82, 2.24) is 0 Å². The second-order valence-corrected chi connectivity index (χ2v) is 2.23. The quantitative estimate of drug-likeness (QED) is 0.329. The first-order valence-electron chi connectivity index (χ1n) is 2.97. The van der Waals surface area contributed by atoms with Gasteiger partial charge in [0.05, 0.1) is 6.61 Å². The molecule has 0 radical (unpaired) electrons. The molecule has 10 heavy (non-hydrogen) atoms.